The van der Waals surface area contributed by atoms with Crippen molar-refractivity contribution in [2.75, 3.05) is 13.1 Å². The quantitative estimate of drug-likeness (QED) is 0.691. The van der Waals surface area contributed by atoms with Crippen molar-refractivity contribution in [1.29, 1.82) is 0 Å². The van der Waals surface area contributed by atoms with E-state index in [1.165, 1.54) is 0 Å². The summed E-state index contributed by atoms with van der Waals surface area (Å²) >= 11 is 0. The van der Waals surface area contributed by atoms with Gasteiger partial charge in [0, 0.05) is 50.4 Å². The van der Waals surface area contributed by atoms with Crippen LogP contribution in [0.2, 0.25) is 0 Å². The molecule has 2 aromatic carbocycles. The van der Waals surface area contributed by atoms with Gasteiger partial charge in [-0.2, -0.15) is 0 Å². The molecule has 1 atom stereocenters. The number of carbonyl (C=O) groups is 2. The van der Waals surface area contributed by atoms with Crippen LogP contribution in [0.5, 0.6) is 0 Å². The van der Waals surface area contributed by atoms with E-state index in [4.69, 9.17) is 4.74 Å². The zero-order chi connectivity index (χ0) is 22.0. The van der Waals surface area contributed by atoms with Crippen LogP contribution in [-0.4, -0.2) is 45.5 Å². The van der Waals surface area contributed by atoms with Crippen molar-refractivity contribution in [1.82, 2.24) is 19.8 Å². The summed E-state index contributed by atoms with van der Waals surface area (Å²) in [4.78, 5) is 32.2. The molecule has 7 heteroatoms. The number of piperidine rings is 1. The lowest BCUT2D eigenvalue weighted by atomic mass is 9.88. The van der Waals surface area contributed by atoms with Gasteiger partial charge in [-0.3, -0.25) is 9.59 Å². The number of hydrogen-bond donors (Lipinski definition) is 1. The van der Waals surface area contributed by atoms with Crippen LogP contribution in [0.3, 0.4) is 0 Å². The van der Waals surface area contributed by atoms with Gasteiger partial charge in [-0.25, -0.2) is 4.98 Å². The Balaban J connectivity index is 1.29. The van der Waals surface area contributed by atoms with E-state index in [9.17, 15) is 9.59 Å². The molecule has 0 unspecified atom stereocenters. The standard InChI is InChI=1S/C25H26N4O3/c30-22(27-17-19-7-3-1-4-8-19)21-18-29-16-13-26-24(29)25(32-21)11-14-28(15-12-25)23(31)20-9-5-2-6-10-20/h1-10,13,16,21H,11-12,14-15,17-18H2,(H,27,30)/t21-/m1/s1. The highest BCUT2D eigenvalue weighted by atomic mass is 16.5. The number of carbonyl (C=O) groups excluding carboxylic acids is 2. The number of rotatable bonds is 4. The van der Waals surface area contributed by atoms with Crippen LogP contribution in [-0.2, 0) is 28.2 Å². The number of fused-ring (bicyclic) bond motifs is 2. The lowest BCUT2D eigenvalue weighted by Crippen LogP contribution is -2.54. The maximum atomic E-state index is 13.0. The lowest BCUT2D eigenvalue weighted by Gasteiger charge is -2.45. The minimum Gasteiger partial charge on any atom is -0.352 e. The van der Waals surface area contributed by atoms with Gasteiger partial charge in [-0.05, 0) is 17.7 Å². The largest absolute Gasteiger partial charge is 0.352 e. The van der Waals surface area contributed by atoms with Gasteiger partial charge < -0.3 is 19.5 Å². The van der Waals surface area contributed by atoms with Crippen LogP contribution in [0.1, 0.15) is 34.6 Å². The molecular weight excluding hydrogens is 404 g/mol. The van der Waals surface area contributed by atoms with Crippen LogP contribution in [0.25, 0.3) is 0 Å². The average Bonchev–Trinajstić information content (AvgIpc) is 3.34. The van der Waals surface area contributed by atoms with Gasteiger partial charge >= 0.3 is 0 Å². The summed E-state index contributed by atoms with van der Waals surface area (Å²) in [6.07, 6.45) is 4.26. The highest BCUT2D eigenvalue weighted by Gasteiger charge is 2.47. The maximum Gasteiger partial charge on any atom is 0.253 e. The number of nitrogens with zero attached hydrogens (tertiary/aromatic N) is 3. The molecule has 7 nitrogen and oxygen atoms in total. The van der Waals surface area contributed by atoms with E-state index in [1.807, 2.05) is 76.3 Å². The molecule has 0 aliphatic carbocycles. The predicted molar refractivity (Wildman–Crippen MR) is 119 cm³/mol. The Morgan fingerprint density at radius 1 is 1.03 bits per heavy atom. The van der Waals surface area contributed by atoms with Crippen molar-refractivity contribution in [3.05, 3.63) is 90.0 Å². The first-order valence-electron chi connectivity index (χ1n) is 11.0. The SMILES string of the molecule is O=C(NCc1ccccc1)[C@H]1Cn2ccnc2C2(CCN(C(=O)c3ccccc3)CC2)O1. The van der Waals surface area contributed by atoms with Gasteiger partial charge in [0.2, 0.25) is 0 Å². The molecule has 2 aliphatic rings. The molecule has 164 valence electrons. The van der Waals surface area contributed by atoms with Gasteiger partial charge in [-0.1, -0.05) is 48.5 Å². The number of amides is 2. The second kappa shape index (κ2) is 8.59. The van der Waals surface area contributed by atoms with Crippen LogP contribution in [0.15, 0.2) is 73.1 Å². The highest BCUT2D eigenvalue weighted by Crippen LogP contribution is 2.40. The number of benzene rings is 2. The smallest absolute Gasteiger partial charge is 0.253 e. The van der Waals surface area contributed by atoms with E-state index in [0.717, 1.165) is 11.4 Å². The van der Waals surface area contributed by atoms with Crippen LogP contribution in [0, 0.1) is 0 Å². The number of aromatic nitrogens is 2. The molecule has 1 fully saturated rings. The molecule has 32 heavy (non-hydrogen) atoms. The molecule has 5 rings (SSSR count). The molecule has 2 aliphatic heterocycles. The second-order valence-electron chi connectivity index (χ2n) is 8.37. The Hall–Kier alpha value is -3.45. The summed E-state index contributed by atoms with van der Waals surface area (Å²) in [7, 11) is 0. The minimum absolute atomic E-state index is 0.0248. The number of imidazole rings is 1. The number of likely N-dealkylation sites (tertiary alicyclic amines) is 1. The van der Waals surface area contributed by atoms with Gasteiger partial charge in [0.1, 0.15) is 11.4 Å². The van der Waals surface area contributed by atoms with E-state index in [0.29, 0.717) is 44.6 Å². The summed E-state index contributed by atoms with van der Waals surface area (Å²) < 4.78 is 8.47. The third-order valence-electron chi connectivity index (χ3n) is 6.33. The Morgan fingerprint density at radius 3 is 2.44 bits per heavy atom. The van der Waals surface area contributed by atoms with Crippen LogP contribution in [0.4, 0.5) is 0 Å². The Labute approximate surface area is 187 Å². The van der Waals surface area contributed by atoms with Crippen molar-refractivity contribution in [3.8, 4) is 0 Å². The fourth-order valence-corrected chi connectivity index (χ4v) is 4.61. The molecule has 3 aromatic rings. The molecule has 1 N–H and O–H groups in total. The summed E-state index contributed by atoms with van der Waals surface area (Å²) in [5.74, 6) is 0.739. The summed E-state index contributed by atoms with van der Waals surface area (Å²) in [5, 5.41) is 3.00. The lowest BCUT2D eigenvalue weighted by molar-refractivity contribution is -0.172. The topological polar surface area (TPSA) is 76.5 Å². The normalized spacial score (nSPS) is 19.4. The van der Waals surface area contributed by atoms with E-state index in [2.05, 4.69) is 10.3 Å². The molecule has 0 bridgehead atoms. The molecule has 0 saturated carbocycles. The van der Waals surface area contributed by atoms with E-state index < -0.39 is 11.7 Å². The second-order valence-corrected chi connectivity index (χ2v) is 8.37. The van der Waals surface area contributed by atoms with Crippen LogP contribution >= 0.6 is 0 Å². The minimum atomic E-state index is -0.663. The summed E-state index contributed by atoms with van der Waals surface area (Å²) in [6.45, 7) is 2.00. The zero-order valence-corrected chi connectivity index (χ0v) is 17.8. The number of hydrogen-bond acceptors (Lipinski definition) is 4. The molecule has 1 aromatic heterocycles. The monoisotopic (exact) mass is 430 g/mol. The molecule has 3 heterocycles. The van der Waals surface area contributed by atoms with E-state index >= 15 is 0 Å². The Bertz CT molecular complexity index is 1090. The fraction of sp³-hybridized carbons (Fsp3) is 0.320. The average molecular weight is 431 g/mol. The molecular formula is C25H26N4O3. The fourth-order valence-electron chi connectivity index (χ4n) is 4.61. The van der Waals surface area contributed by atoms with Crippen molar-refractivity contribution in [2.45, 2.75) is 37.6 Å². The first-order chi connectivity index (χ1) is 15.6. The zero-order valence-electron chi connectivity index (χ0n) is 17.8. The van der Waals surface area contributed by atoms with Crippen molar-refractivity contribution in [3.63, 3.8) is 0 Å². The van der Waals surface area contributed by atoms with Crippen molar-refractivity contribution in [2.24, 2.45) is 0 Å². The molecule has 1 saturated heterocycles. The number of ether oxygens (including phenoxy) is 1. The third kappa shape index (κ3) is 3.91. The summed E-state index contributed by atoms with van der Waals surface area (Å²) in [5.41, 5.74) is 1.07. The number of nitrogens with one attached hydrogen (secondary N) is 1. The van der Waals surface area contributed by atoms with E-state index in [1.54, 1.807) is 6.20 Å². The molecule has 1 spiro atoms. The van der Waals surface area contributed by atoms with Gasteiger partial charge in [0.25, 0.3) is 11.8 Å². The first-order valence-corrected chi connectivity index (χ1v) is 11.0. The molecule has 2 amide bonds. The Kier molecular flexibility index (Phi) is 5.49. The third-order valence-corrected chi connectivity index (χ3v) is 6.33. The molecule has 0 radical (unpaired) electrons. The maximum absolute atomic E-state index is 13.0. The van der Waals surface area contributed by atoms with Gasteiger partial charge in [0.15, 0.2) is 6.10 Å². The Morgan fingerprint density at radius 2 is 1.72 bits per heavy atom. The van der Waals surface area contributed by atoms with Crippen molar-refractivity contribution < 1.29 is 14.3 Å². The van der Waals surface area contributed by atoms with Crippen molar-refractivity contribution >= 4 is 11.8 Å². The van der Waals surface area contributed by atoms with E-state index in [-0.39, 0.29) is 11.8 Å². The van der Waals surface area contributed by atoms with Crippen LogP contribution < -0.4 is 5.32 Å². The van der Waals surface area contributed by atoms with Gasteiger partial charge in [0.05, 0.1) is 6.54 Å². The summed E-state index contributed by atoms with van der Waals surface area (Å²) in [6, 6.07) is 19.2. The first kappa shape index (κ1) is 20.5. The highest BCUT2D eigenvalue weighted by molar-refractivity contribution is 5.94. The van der Waals surface area contributed by atoms with Gasteiger partial charge in [-0.15, -0.1) is 0 Å². The predicted octanol–water partition coefficient (Wildman–Crippen LogP) is 2.73.